The Labute approximate surface area is 150 Å². The number of nitrogens with zero attached hydrogens (tertiary/aromatic N) is 2. The lowest BCUT2D eigenvalue weighted by Gasteiger charge is -2.11. The monoisotopic (exact) mass is 375 g/mol. The highest BCUT2D eigenvalue weighted by Gasteiger charge is 2.19. The van der Waals surface area contributed by atoms with Crippen molar-refractivity contribution in [3.8, 4) is 16.9 Å². The molecule has 1 aromatic heterocycles. The summed E-state index contributed by atoms with van der Waals surface area (Å²) in [5, 5.41) is 18.9. The molecule has 3 rings (SSSR count). The maximum atomic E-state index is 13.3. The fraction of sp³-hybridized carbons (Fsp3) is 0.167. The summed E-state index contributed by atoms with van der Waals surface area (Å²) in [7, 11) is -3.96. The smallest absolute Gasteiger partial charge is 0.240 e. The molecule has 26 heavy (non-hydrogen) atoms. The molecule has 0 unspecified atom stereocenters. The van der Waals surface area contributed by atoms with Gasteiger partial charge in [0, 0.05) is 12.2 Å². The average molecular weight is 375 g/mol. The van der Waals surface area contributed by atoms with Gasteiger partial charge in [-0.1, -0.05) is 12.1 Å². The molecule has 0 bridgehead atoms. The highest BCUT2D eigenvalue weighted by Crippen LogP contribution is 2.28. The number of halogens is 1. The number of aromatic nitrogens is 2. The van der Waals surface area contributed by atoms with Gasteiger partial charge >= 0.3 is 0 Å². The summed E-state index contributed by atoms with van der Waals surface area (Å²) in [6.45, 7) is 0.0203. The summed E-state index contributed by atoms with van der Waals surface area (Å²) in [5.41, 5.74) is 2.28. The fourth-order valence-electron chi connectivity index (χ4n) is 2.70. The van der Waals surface area contributed by atoms with Gasteiger partial charge in [0.15, 0.2) is 0 Å². The minimum Gasteiger partial charge on any atom is -0.396 e. The van der Waals surface area contributed by atoms with E-state index >= 15 is 0 Å². The van der Waals surface area contributed by atoms with Crippen LogP contribution in [-0.2, 0) is 16.4 Å². The third-order valence-electron chi connectivity index (χ3n) is 3.89. The van der Waals surface area contributed by atoms with Gasteiger partial charge in [0.2, 0.25) is 10.0 Å². The number of nitrogens with two attached hydrogens (primary N) is 1. The third-order valence-corrected chi connectivity index (χ3v) is 4.85. The van der Waals surface area contributed by atoms with E-state index in [9.17, 15) is 12.8 Å². The number of primary sulfonamides is 1. The van der Waals surface area contributed by atoms with Crippen molar-refractivity contribution in [2.75, 3.05) is 6.61 Å². The van der Waals surface area contributed by atoms with Crippen molar-refractivity contribution in [2.45, 2.75) is 17.7 Å². The summed E-state index contributed by atoms with van der Waals surface area (Å²) in [4.78, 5) is -0.0554. The molecule has 0 spiro atoms. The van der Waals surface area contributed by atoms with E-state index in [2.05, 4.69) is 5.10 Å². The van der Waals surface area contributed by atoms with Crippen molar-refractivity contribution in [3.05, 3.63) is 66.1 Å². The highest BCUT2D eigenvalue weighted by molar-refractivity contribution is 7.89. The van der Waals surface area contributed by atoms with Gasteiger partial charge in [-0.05, 0) is 55.3 Å². The van der Waals surface area contributed by atoms with Crippen LogP contribution in [0.15, 0.2) is 59.5 Å². The van der Waals surface area contributed by atoms with Crippen molar-refractivity contribution in [3.63, 3.8) is 0 Å². The van der Waals surface area contributed by atoms with Crippen LogP contribution in [0.1, 0.15) is 12.1 Å². The number of aliphatic hydroxyl groups excluding tert-OH is 1. The third kappa shape index (κ3) is 3.82. The zero-order chi connectivity index (χ0) is 18.7. The average Bonchev–Trinajstić information content (AvgIpc) is 3.04. The van der Waals surface area contributed by atoms with E-state index in [0.29, 0.717) is 35.5 Å². The maximum absolute atomic E-state index is 13.3. The van der Waals surface area contributed by atoms with Crippen molar-refractivity contribution in [1.82, 2.24) is 9.78 Å². The van der Waals surface area contributed by atoms with E-state index in [1.165, 1.54) is 22.9 Å². The molecule has 0 aliphatic heterocycles. The van der Waals surface area contributed by atoms with Crippen LogP contribution in [0.25, 0.3) is 16.9 Å². The van der Waals surface area contributed by atoms with E-state index in [1.807, 2.05) is 0 Å². The summed E-state index contributed by atoms with van der Waals surface area (Å²) in [6, 6.07) is 13.9. The minimum atomic E-state index is -3.96. The Hall–Kier alpha value is -2.55. The van der Waals surface area contributed by atoms with Crippen LogP contribution in [0.2, 0.25) is 0 Å². The lowest BCUT2D eigenvalue weighted by Crippen LogP contribution is -2.16. The molecule has 8 heteroatoms. The predicted octanol–water partition coefficient (Wildman–Crippen LogP) is 2.25. The second-order valence-corrected chi connectivity index (χ2v) is 7.31. The largest absolute Gasteiger partial charge is 0.396 e. The van der Waals surface area contributed by atoms with Gasteiger partial charge in [-0.25, -0.2) is 22.6 Å². The Morgan fingerprint density at radius 1 is 1.12 bits per heavy atom. The zero-order valence-electron chi connectivity index (χ0n) is 13.8. The Morgan fingerprint density at radius 2 is 1.81 bits per heavy atom. The molecule has 0 aliphatic carbocycles. The zero-order valence-corrected chi connectivity index (χ0v) is 14.7. The van der Waals surface area contributed by atoms with Crippen LogP contribution in [0.5, 0.6) is 0 Å². The normalized spacial score (nSPS) is 11.7. The molecule has 3 aromatic rings. The first-order valence-electron chi connectivity index (χ1n) is 7.98. The predicted molar refractivity (Wildman–Crippen MR) is 95.7 cm³/mol. The first-order valence-corrected chi connectivity index (χ1v) is 9.53. The van der Waals surface area contributed by atoms with E-state index in [-0.39, 0.29) is 17.3 Å². The quantitative estimate of drug-likeness (QED) is 0.690. The van der Waals surface area contributed by atoms with Crippen LogP contribution >= 0.6 is 0 Å². The van der Waals surface area contributed by atoms with Gasteiger partial charge in [-0.3, -0.25) is 0 Å². The Morgan fingerprint density at radius 3 is 2.46 bits per heavy atom. The fourth-order valence-corrected chi connectivity index (χ4v) is 3.41. The summed E-state index contributed by atoms with van der Waals surface area (Å²) in [5.74, 6) is -0.370. The molecule has 2 aromatic carbocycles. The molecule has 0 radical (unpaired) electrons. The van der Waals surface area contributed by atoms with Crippen molar-refractivity contribution >= 4 is 10.0 Å². The van der Waals surface area contributed by atoms with Crippen LogP contribution in [0, 0.1) is 5.82 Å². The molecule has 0 atom stereocenters. The number of sulfonamides is 1. The molecular weight excluding hydrogens is 357 g/mol. The van der Waals surface area contributed by atoms with Gasteiger partial charge in [-0.15, -0.1) is 0 Å². The summed E-state index contributed by atoms with van der Waals surface area (Å²) >= 11 is 0. The molecule has 0 fully saturated rings. The molecule has 136 valence electrons. The van der Waals surface area contributed by atoms with E-state index in [0.717, 1.165) is 0 Å². The van der Waals surface area contributed by atoms with Crippen molar-refractivity contribution < 1.29 is 17.9 Å². The van der Waals surface area contributed by atoms with E-state index in [1.54, 1.807) is 36.4 Å². The lowest BCUT2D eigenvalue weighted by atomic mass is 10.1. The maximum Gasteiger partial charge on any atom is 0.240 e. The van der Waals surface area contributed by atoms with Crippen LogP contribution < -0.4 is 5.14 Å². The summed E-state index contributed by atoms with van der Waals surface area (Å²) in [6.07, 6.45) is 1.05. The van der Waals surface area contributed by atoms with Crippen molar-refractivity contribution in [2.24, 2.45) is 5.14 Å². The van der Waals surface area contributed by atoms with Crippen LogP contribution in [-0.4, -0.2) is 29.9 Å². The molecule has 1 heterocycles. The Bertz CT molecular complexity index is 1010. The van der Waals surface area contributed by atoms with Gasteiger partial charge in [0.1, 0.15) is 10.7 Å². The van der Waals surface area contributed by atoms with Gasteiger partial charge in [-0.2, -0.15) is 5.10 Å². The van der Waals surface area contributed by atoms with Crippen LogP contribution in [0.4, 0.5) is 4.39 Å². The lowest BCUT2D eigenvalue weighted by molar-refractivity contribution is 0.288. The number of benzene rings is 2. The van der Waals surface area contributed by atoms with E-state index < -0.39 is 10.0 Å². The molecular formula is C18H18FN3O3S. The van der Waals surface area contributed by atoms with E-state index in [4.69, 9.17) is 10.2 Å². The number of hydrogen-bond acceptors (Lipinski definition) is 4. The highest BCUT2D eigenvalue weighted by atomic mass is 32.2. The molecule has 0 aliphatic rings. The van der Waals surface area contributed by atoms with Crippen LogP contribution in [0.3, 0.4) is 0 Å². The number of hydrogen-bond donors (Lipinski definition) is 2. The topological polar surface area (TPSA) is 98.2 Å². The van der Waals surface area contributed by atoms with Gasteiger partial charge in [0.05, 0.1) is 17.1 Å². The molecule has 0 saturated carbocycles. The molecule has 6 nitrogen and oxygen atoms in total. The summed E-state index contributed by atoms with van der Waals surface area (Å²) < 4.78 is 38.7. The second-order valence-electron chi connectivity index (χ2n) is 5.78. The number of para-hydroxylation sites is 1. The Kier molecular flexibility index (Phi) is 5.17. The number of aryl methyl sites for hydroxylation is 1. The molecule has 0 amide bonds. The minimum absolute atomic E-state index is 0.0203. The second kappa shape index (κ2) is 7.36. The molecule has 3 N–H and O–H groups in total. The van der Waals surface area contributed by atoms with Crippen molar-refractivity contribution in [1.29, 1.82) is 0 Å². The first-order chi connectivity index (χ1) is 12.4. The van der Waals surface area contributed by atoms with Gasteiger partial charge in [0.25, 0.3) is 0 Å². The number of aliphatic hydroxyl groups is 1. The standard InChI is InChI=1S/C18H18FN3O3S/c19-14-9-7-13(8-10-14)17-12-15(4-3-11-23)21-22(17)16-5-1-2-6-18(16)26(20,24)25/h1-2,5-10,12,23H,3-4,11H2,(H2,20,24,25). The number of rotatable bonds is 6. The first kappa shape index (κ1) is 18.2. The SMILES string of the molecule is NS(=O)(=O)c1ccccc1-n1nc(CCCO)cc1-c1ccc(F)cc1. The van der Waals surface area contributed by atoms with Gasteiger partial charge < -0.3 is 5.11 Å². The molecule has 0 saturated heterocycles. The Balaban J connectivity index is 2.20.